The minimum absolute atomic E-state index is 0.0612. The Morgan fingerprint density at radius 1 is 1.25 bits per heavy atom. The summed E-state index contributed by atoms with van der Waals surface area (Å²) in [5, 5.41) is -0.435. The Kier molecular flexibility index (Phi) is 4.42. The maximum absolute atomic E-state index is 13.5. The molecular formula is C17H17ClFNO3S. The molecule has 0 aliphatic heterocycles. The minimum atomic E-state index is -3.71. The molecule has 2 N–H and O–H groups in total. The van der Waals surface area contributed by atoms with Gasteiger partial charge in [0, 0.05) is 18.1 Å². The van der Waals surface area contributed by atoms with Gasteiger partial charge in [-0.1, -0.05) is 23.7 Å². The lowest BCUT2D eigenvalue weighted by atomic mass is 10.1. The van der Waals surface area contributed by atoms with Crippen LogP contribution in [0.2, 0.25) is 5.02 Å². The maximum atomic E-state index is 13.5. The normalized spacial score (nSPS) is 26.3. The van der Waals surface area contributed by atoms with Crippen molar-refractivity contribution in [2.45, 2.75) is 21.6 Å². The second-order valence-electron chi connectivity index (χ2n) is 6.00. The molecule has 2 aromatic carbocycles. The molecule has 0 heterocycles. The quantitative estimate of drug-likeness (QED) is 0.879. The van der Waals surface area contributed by atoms with E-state index in [1.165, 1.54) is 43.5 Å². The van der Waals surface area contributed by atoms with Crippen molar-refractivity contribution in [3.63, 3.8) is 0 Å². The summed E-state index contributed by atoms with van der Waals surface area (Å²) in [7, 11) is -2.25. The second kappa shape index (κ2) is 6.11. The Balaban J connectivity index is 2.03. The van der Waals surface area contributed by atoms with Crippen LogP contribution in [-0.2, 0) is 14.6 Å². The zero-order valence-electron chi connectivity index (χ0n) is 12.9. The van der Waals surface area contributed by atoms with Crippen LogP contribution in [0.1, 0.15) is 11.5 Å². The van der Waals surface area contributed by atoms with E-state index in [-0.39, 0.29) is 11.5 Å². The van der Waals surface area contributed by atoms with Crippen LogP contribution >= 0.6 is 11.6 Å². The van der Waals surface area contributed by atoms with E-state index in [1.807, 2.05) is 0 Å². The Labute approximate surface area is 145 Å². The fourth-order valence-corrected chi connectivity index (χ4v) is 5.69. The lowest BCUT2D eigenvalue weighted by Crippen LogP contribution is -2.35. The molecule has 1 saturated carbocycles. The van der Waals surface area contributed by atoms with Gasteiger partial charge in [-0.15, -0.1) is 0 Å². The summed E-state index contributed by atoms with van der Waals surface area (Å²) >= 11 is 5.82. The molecule has 0 unspecified atom stereocenters. The van der Waals surface area contributed by atoms with E-state index in [0.29, 0.717) is 10.6 Å². The predicted octanol–water partition coefficient (Wildman–Crippen LogP) is 2.76. The number of nitrogens with two attached hydrogens (primary N) is 1. The summed E-state index contributed by atoms with van der Waals surface area (Å²) in [4.78, 5) is 0.140. The topological polar surface area (TPSA) is 69.4 Å². The third-order valence-electron chi connectivity index (χ3n) is 4.38. The summed E-state index contributed by atoms with van der Waals surface area (Å²) in [5.74, 6) is -0.962. The molecule has 7 heteroatoms. The molecule has 3 atom stereocenters. The number of benzene rings is 2. The maximum Gasteiger partial charge on any atom is 0.183 e. The Hall–Kier alpha value is -1.47. The molecule has 0 radical (unpaired) electrons. The fraction of sp³-hybridized carbons (Fsp3) is 0.294. The molecule has 3 rings (SSSR count). The molecule has 4 nitrogen and oxygen atoms in total. The molecule has 0 aromatic heterocycles. The highest BCUT2D eigenvalue weighted by Crippen LogP contribution is 2.55. The second-order valence-corrected chi connectivity index (χ2v) is 8.50. The van der Waals surface area contributed by atoms with Gasteiger partial charge in [-0.05, 0) is 42.0 Å². The van der Waals surface area contributed by atoms with Gasteiger partial charge in [0.2, 0.25) is 0 Å². The van der Waals surface area contributed by atoms with Gasteiger partial charge in [0.1, 0.15) is 5.82 Å². The first kappa shape index (κ1) is 17.4. The molecule has 128 valence electrons. The summed E-state index contributed by atoms with van der Waals surface area (Å²) in [5.41, 5.74) is 5.79. The number of hydrogen-bond donors (Lipinski definition) is 1. The minimum Gasteiger partial charge on any atom is -0.383 e. The zero-order valence-corrected chi connectivity index (χ0v) is 14.5. The van der Waals surface area contributed by atoms with E-state index in [9.17, 15) is 12.8 Å². The highest BCUT2D eigenvalue weighted by atomic mass is 35.5. The van der Waals surface area contributed by atoms with E-state index in [4.69, 9.17) is 22.1 Å². The van der Waals surface area contributed by atoms with Crippen LogP contribution in [0.15, 0.2) is 53.4 Å². The summed E-state index contributed by atoms with van der Waals surface area (Å²) in [6.07, 6.45) is 0. The van der Waals surface area contributed by atoms with Crippen LogP contribution in [0, 0.1) is 5.82 Å². The van der Waals surface area contributed by atoms with Crippen LogP contribution < -0.4 is 5.73 Å². The van der Waals surface area contributed by atoms with Crippen LogP contribution in [-0.4, -0.2) is 32.9 Å². The number of hydrogen-bond acceptors (Lipinski definition) is 4. The van der Waals surface area contributed by atoms with E-state index in [0.717, 1.165) is 0 Å². The average Bonchev–Trinajstić information content (AvgIpc) is 3.14. The van der Waals surface area contributed by atoms with Gasteiger partial charge >= 0.3 is 0 Å². The van der Waals surface area contributed by atoms with E-state index < -0.39 is 32.4 Å². The van der Waals surface area contributed by atoms with Crippen LogP contribution in [0.3, 0.4) is 0 Å². The van der Waals surface area contributed by atoms with Crippen LogP contribution in [0.25, 0.3) is 0 Å². The van der Waals surface area contributed by atoms with E-state index in [2.05, 4.69) is 0 Å². The Bertz CT molecular complexity index is 856. The van der Waals surface area contributed by atoms with Gasteiger partial charge in [0.05, 0.1) is 22.3 Å². The van der Waals surface area contributed by atoms with Gasteiger partial charge in [0.25, 0.3) is 0 Å². The number of sulfone groups is 1. The highest BCUT2D eigenvalue weighted by Gasteiger charge is 2.69. The third kappa shape index (κ3) is 2.84. The third-order valence-corrected chi connectivity index (χ3v) is 6.94. The van der Waals surface area contributed by atoms with Crippen LogP contribution in [0.4, 0.5) is 4.39 Å². The predicted molar refractivity (Wildman–Crippen MR) is 90.4 cm³/mol. The van der Waals surface area contributed by atoms with Gasteiger partial charge in [0.15, 0.2) is 9.84 Å². The fourth-order valence-electron chi connectivity index (χ4n) is 3.27. The lowest BCUT2D eigenvalue weighted by Gasteiger charge is -2.11. The van der Waals surface area contributed by atoms with Crippen molar-refractivity contribution in [2.24, 2.45) is 5.73 Å². The molecule has 0 saturated heterocycles. The summed E-state index contributed by atoms with van der Waals surface area (Å²) in [6, 6.07) is 11.8. The largest absolute Gasteiger partial charge is 0.383 e. The van der Waals surface area contributed by atoms with E-state index >= 15 is 0 Å². The monoisotopic (exact) mass is 369 g/mol. The van der Waals surface area contributed by atoms with Crippen molar-refractivity contribution in [3.8, 4) is 0 Å². The Morgan fingerprint density at radius 3 is 2.50 bits per heavy atom. The number of methoxy groups -OCH3 is 1. The van der Waals surface area contributed by atoms with Crippen molar-refractivity contribution in [2.75, 3.05) is 13.7 Å². The summed E-state index contributed by atoms with van der Waals surface area (Å²) < 4.78 is 44.7. The molecule has 0 spiro atoms. The lowest BCUT2D eigenvalue weighted by molar-refractivity contribution is 0.171. The molecule has 1 aliphatic rings. The molecule has 0 amide bonds. The van der Waals surface area contributed by atoms with Crippen molar-refractivity contribution in [1.82, 2.24) is 0 Å². The van der Waals surface area contributed by atoms with E-state index in [1.54, 1.807) is 12.1 Å². The van der Waals surface area contributed by atoms with Gasteiger partial charge in [-0.3, -0.25) is 0 Å². The van der Waals surface area contributed by atoms with Crippen molar-refractivity contribution >= 4 is 21.4 Å². The van der Waals surface area contributed by atoms with Gasteiger partial charge in [-0.2, -0.15) is 0 Å². The molecule has 1 fully saturated rings. The zero-order chi connectivity index (χ0) is 17.5. The number of rotatable bonds is 5. The van der Waals surface area contributed by atoms with Crippen LogP contribution in [0.5, 0.6) is 0 Å². The van der Waals surface area contributed by atoms with Crippen molar-refractivity contribution in [1.29, 1.82) is 0 Å². The standard InChI is InChI=1S/C17H17ClFNO3S/c1-23-10-17(20)15(11-3-2-4-13(19)9-11)16(17)24(21,22)14-7-5-12(18)6-8-14/h2-9,15-16H,10,20H2,1H3/t15-,16-,17+/m0/s1. The van der Waals surface area contributed by atoms with Crippen molar-refractivity contribution < 1.29 is 17.5 Å². The smallest absolute Gasteiger partial charge is 0.183 e. The van der Waals surface area contributed by atoms with Gasteiger partial charge in [-0.25, -0.2) is 12.8 Å². The SMILES string of the molecule is COC[C@@]1(N)[C@@H](c2cccc(F)c2)[C@@H]1S(=O)(=O)c1ccc(Cl)cc1. The highest BCUT2D eigenvalue weighted by molar-refractivity contribution is 7.92. The van der Waals surface area contributed by atoms with Gasteiger partial charge < -0.3 is 10.5 Å². The average molecular weight is 370 g/mol. The Morgan fingerprint density at radius 2 is 1.92 bits per heavy atom. The summed E-state index contributed by atoms with van der Waals surface area (Å²) in [6.45, 7) is 0.0612. The molecule has 0 bridgehead atoms. The first-order chi connectivity index (χ1) is 11.3. The number of ether oxygens (including phenoxy) is 1. The first-order valence-electron chi connectivity index (χ1n) is 7.33. The van der Waals surface area contributed by atoms with Crippen molar-refractivity contribution in [3.05, 3.63) is 64.9 Å². The molecule has 24 heavy (non-hydrogen) atoms. The molecular weight excluding hydrogens is 353 g/mol. The molecule has 1 aliphatic carbocycles. The first-order valence-corrected chi connectivity index (χ1v) is 9.26. The number of halogens is 2. The molecule has 2 aromatic rings.